The van der Waals surface area contributed by atoms with E-state index in [-0.39, 0.29) is 11.8 Å². The van der Waals surface area contributed by atoms with Crippen molar-refractivity contribution >= 4 is 34.2 Å². The lowest BCUT2D eigenvalue weighted by Crippen LogP contribution is -2.15. The summed E-state index contributed by atoms with van der Waals surface area (Å²) in [4.78, 5) is 33.8. The number of anilines is 2. The van der Waals surface area contributed by atoms with Crippen molar-refractivity contribution in [3.05, 3.63) is 77.4 Å². The number of amides is 2. The number of pyridine rings is 2. The largest absolute Gasteiger partial charge is 0.322 e. The normalized spacial score (nSPS) is 10.8. The van der Waals surface area contributed by atoms with E-state index in [9.17, 15) is 9.59 Å². The van der Waals surface area contributed by atoms with Crippen molar-refractivity contribution in [2.45, 2.75) is 13.8 Å². The van der Waals surface area contributed by atoms with Crippen LogP contribution in [0.4, 0.5) is 11.4 Å². The first-order valence-corrected chi connectivity index (χ1v) is 9.36. The van der Waals surface area contributed by atoms with Crippen LogP contribution in [0.15, 0.2) is 54.9 Å². The molecule has 0 unspecified atom stereocenters. The van der Waals surface area contributed by atoms with E-state index in [2.05, 4.69) is 25.7 Å². The number of hydrogen-bond donors (Lipinski definition) is 2. The van der Waals surface area contributed by atoms with Crippen molar-refractivity contribution in [1.82, 2.24) is 19.7 Å². The van der Waals surface area contributed by atoms with E-state index in [1.54, 1.807) is 60.4 Å². The molecule has 0 atom stereocenters. The molecule has 0 saturated carbocycles. The number of benzene rings is 1. The molecule has 30 heavy (non-hydrogen) atoms. The van der Waals surface area contributed by atoms with Crippen molar-refractivity contribution in [1.29, 1.82) is 0 Å². The van der Waals surface area contributed by atoms with Gasteiger partial charge in [0.05, 0.1) is 22.2 Å². The van der Waals surface area contributed by atoms with Crippen LogP contribution in [-0.4, -0.2) is 31.6 Å². The third kappa shape index (κ3) is 3.75. The number of nitrogens with one attached hydrogen (secondary N) is 2. The highest BCUT2D eigenvalue weighted by atomic mass is 16.2. The summed E-state index contributed by atoms with van der Waals surface area (Å²) in [6, 6.07) is 12.1. The van der Waals surface area contributed by atoms with Crippen molar-refractivity contribution in [2.75, 3.05) is 10.6 Å². The van der Waals surface area contributed by atoms with E-state index in [1.807, 2.05) is 13.8 Å². The summed E-state index contributed by atoms with van der Waals surface area (Å²) in [5, 5.41) is 10.8. The molecule has 0 aliphatic heterocycles. The third-order valence-corrected chi connectivity index (χ3v) is 4.64. The number of nitrogens with zero attached hydrogens (tertiary/aromatic N) is 4. The predicted octanol–water partition coefficient (Wildman–Crippen LogP) is 3.48. The zero-order valence-electron chi connectivity index (χ0n) is 16.8. The van der Waals surface area contributed by atoms with Crippen molar-refractivity contribution < 1.29 is 9.59 Å². The number of carbonyl (C=O) groups excluding carboxylic acids is 2. The summed E-state index contributed by atoms with van der Waals surface area (Å²) in [5.74, 6) is -0.540. The molecule has 2 N–H and O–H groups in total. The van der Waals surface area contributed by atoms with Crippen LogP contribution in [0.2, 0.25) is 0 Å². The molecule has 0 spiro atoms. The van der Waals surface area contributed by atoms with Gasteiger partial charge in [0, 0.05) is 36.5 Å². The van der Waals surface area contributed by atoms with Gasteiger partial charge in [-0.2, -0.15) is 5.10 Å². The lowest BCUT2D eigenvalue weighted by molar-refractivity contribution is 0.102. The van der Waals surface area contributed by atoms with E-state index in [0.717, 1.165) is 16.8 Å². The number of aromatic nitrogens is 4. The van der Waals surface area contributed by atoms with E-state index in [0.29, 0.717) is 28.1 Å². The molecule has 0 aliphatic rings. The number of rotatable bonds is 4. The fraction of sp³-hybridized carbons (Fsp3) is 0.136. The molecule has 0 aliphatic carbocycles. The fourth-order valence-corrected chi connectivity index (χ4v) is 3.32. The molecular weight excluding hydrogens is 380 g/mol. The maximum atomic E-state index is 13.0. The first kappa shape index (κ1) is 19.3. The summed E-state index contributed by atoms with van der Waals surface area (Å²) < 4.78 is 1.67. The van der Waals surface area contributed by atoms with Crippen LogP contribution in [0.1, 0.15) is 32.1 Å². The molecule has 8 nitrogen and oxygen atoms in total. The Balaban J connectivity index is 1.58. The van der Waals surface area contributed by atoms with Gasteiger partial charge in [-0.15, -0.1) is 0 Å². The molecule has 4 aromatic rings. The summed E-state index contributed by atoms with van der Waals surface area (Å²) in [6.07, 6.45) is 3.10. The highest BCUT2D eigenvalue weighted by Crippen LogP contribution is 2.23. The van der Waals surface area contributed by atoms with Crippen LogP contribution in [0.5, 0.6) is 0 Å². The van der Waals surface area contributed by atoms with E-state index < -0.39 is 0 Å². The van der Waals surface area contributed by atoms with Gasteiger partial charge in [-0.05, 0) is 50.2 Å². The lowest BCUT2D eigenvalue weighted by atomic mass is 10.1. The Kier molecular flexibility index (Phi) is 4.97. The summed E-state index contributed by atoms with van der Waals surface area (Å²) in [5.41, 5.74) is 4.22. The number of carbonyl (C=O) groups is 2. The zero-order valence-corrected chi connectivity index (χ0v) is 16.8. The van der Waals surface area contributed by atoms with E-state index >= 15 is 0 Å². The Morgan fingerprint density at radius 1 is 0.967 bits per heavy atom. The lowest BCUT2D eigenvalue weighted by Gasteiger charge is -2.10. The van der Waals surface area contributed by atoms with Crippen LogP contribution in [0, 0.1) is 13.8 Å². The molecule has 0 saturated heterocycles. The van der Waals surface area contributed by atoms with Crippen molar-refractivity contribution in [3.63, 3.8) is 0 Å². The average molecular weight is 400 g/mol. The van der Waals surface area contributed by atoms with E-state index in [4.69, 9.17) is 0 Å². The summed E-state index contributed by atoms with van der Waals surface area (Å²) >= 11 is 0. The summed E-state index contributed by atoms with van der Waals surface area (Å²) in [6.45, 7) is 3.69. The highest BCUT2D eigenvalue weighted by molar-refractivity contribution is 6.13. The smallest absolute Gasteiger partial charge is 0.257 e. The molecule has 0 fully saturated rings. The molecule has 0 radical (unpaired) electrons. The molecule has 8 heteroatoms. The Morgan fingerprint density at radius 2 is 1.70 bits per heavy atom. The van der Waals surface area contributed by atoms with Crippen LogP contribution >= 0.6 is 0 Å². The van der Waals surface area contributed by atoms with Crippen molar-refractivity contribution in [3.8, 4) is 0 Å². The maximum Gasteiger partial charge on any atom is 0.257 e. The predicted molar refractivity (Wildman–Crippen MR) is 115 cm³/mol. The maximum absolute atomic E-state index is 13.0. The summed E-state index contributed by atoms with van der Waals surface area (Å²) in [7, 11) is 1.80. The van der Waals surface area contributed by atoms with Gasteiger partial charge in [-0.3, -0.25) is 19.3 Å². The third-order valence-electron chi connectivity index (χ3n) is 4.64. The second-order valence-corrected chi connectivity index (χ2v) is 6.95. The second-order valence-electron chi connectivity index (χ2n) is 6.95. The van der Waals surface area contributed by atoms with Gasteiger partial charge < -0.3 is 10.6 Å². The van der Waals surface area contributed by atoms with Crippen LogP contribution in [0.3, 0.4) is 0 Å². The molecule has 0 bridgehead atoms. The van der Waals surface area contributed by atoms with Crippen LogP contribution in [0.25, 0.3) is 11.0 Å². The zero-order chi connectivity index (χ0) is 21.3. The van der Waals surface area contributed by atoms with Gasteiger partial charge in [0.1, 0.15) is 0 Å². The van der Waals surface area contributed by atoms with Crippen LogP contribution in [-0.2, 0) is 7.05 Å². The Morgan fingerprint density at radius 3 is 2.40 bits per heavy atom. The minimum absolute atomic E-state index is 0.266. The molecule has 4 rings (SSSR count). The first-order valence-electron chi connectivity index (χ1n) is 9.36. The van der Waals surface area contributed by atoms with E-state index in [1.165, 1.54) is 6.20 Å². The number of fused-ring (bicyclic) bond motifs is 1. The Hall–Kier alpha value is -4.07. The number of aryl methyl sites for hydroxylation is 3. The van der Waals surface area contributed by atoms with Gasteiger partial charge in [0.2, 0.25) is 0 Å². The van der Waals surface area contributed by atoms with Crippen LogP contribution < -0.4 is 10.6 Å². The number of hydrogen-bond acceptors (Lipinski definition) is 5. The molecule has 150 valence electrons. The Labute approximate surface area is 173 Å². The first-order chi connectivity index (χ1) is 14.4. The highest BCUT2D eigenvalue weighted by Gasteiger charge is 2.18. The van der Waals surface area contributed by atoms with Gasteiger partial charge in [-0.1, -0.05) is 6.07 Å². The molecular formula is C22H20N6O2. The SMILES string of the molecule is Cc1cc(C(=O)Nc2cccc(NC(=O)c3cccnc3)c2)c2c(C)nn(C)c2n1. The topological polar surface area (TPSA) is 102 Å². The molecule has 3 heterocycles. The monoisotopic (exact) mass is 400 g/mol. The van der Waals surface area contributed by atoms with Gasteiger partial charge in [0.25, 0.3) is 11.8 Å². The average Bonchev–Trinajstić information content (AvgIpc) is 3.01. The van der Waals surface area contributed by atoms with Gasteiger partial charge >= 0.3 is 0 Å². The fourth-order valence-electron chi connectivity index (χ4n) is 3.32. The quantitative estimate of drug-likeness (QED) is 0.546. The Bertz CT molecular complexity index is 1260. The minimum atomic E-state index is -0.274. The van der Waals surface area contributed by atoms with Gasteiger partial charge in [-0.25, -0.2) is 4.98 Å². The van der Waals surface area contributed by atoms with Gasteiger partial charge in [0.15, 0.2) is 5.65 Å². The molecule has 1 aromatic carbocycles. The molecule has 3 aromatic heterocycles. The minimum Gasteiger partial charge on any atom is -0.322 e. The molecule has 2 amide bonds. The second kappa shape index (κ2) is 7.75. The van der Waals surface area contributed by atoms with Crippen molar-refractivity contribution in [2.24, 2.45) is 7.05 Å². The standard InChI is InChI=1S/C22H20N6O2/c1-13-10-18(19-14(2)27-28(3)20(19)24-13)22(30)26-17-8-4-7-16(11-17)25-21(29)15-6-5-9-23-12-15/h4-12H,1-3H3,(H,25,29)(H,26,30).